The van der Waals surface area contributed by atoms with Gasteiger partial charge in [0, 0.05) is 7.11 Å². The topological polar surface area (TPSA) is 26.0 Å². The Hall–Kier alpha value is -1.05. The molecule has 0 saturated heterocycles. The van der Waals surface area contributed by atoms with Crippen molar-refractivity contribution < 1.29 is 5.82 Å². The minimum Gasteiger partial charge on any atom is -0.399 e. The van der Waals surface area contributed by atoms with Crippen molar-refractivity contribution in [1.29, 1.82) is 0 Å². The van der Waals surface area contributed by atoms with Gasteiger partial charge in [0.05, 0.1) is 0 Å². The minimum absolute atomic E-state index is 0. The van der Waals surface area contributed by atoms with Gasteiger partial charge in [0.1, 0.15) is 5.82 Å². The number of nitrogen functional groups attached to an aromatic ring is 1. The van der Waals surface area contributed by atoms with E-state index in [4.69, 9.17) is 5.73 Å². The molecule has 1 nitrogen and oxygen atoms in total. The molecular formula is C8H14FN. The van der Waals surface area contributed by atoms with E-state index >= 15 is 0 Å². The van der Waals surface area contributed by atoms with Crippen LogP contribution in [-0.4, -0.2) is 0 Å². The van der Waals surface area contributed by atoms with Crippen LogP contribution in [0.2, 0.25) is 0 Å². The summed E-state index contributed by atoms with van der Waals surface area (Å²) in [5.41, 5.74) is 5.85. The Morgan fingerprint density at radius 2 is 1.60 bits per heavy atom. The molecule has 0 aliphatic heterocycles. The molecule has 1 aromatic rings. The highest BCUT2D eigenvalue weighted by Crippen LogP contribution is 2.01. The van der Waals surface area contributed by atoms with E-state index in [0.717, 1.165) is 0 Å². The van der Waals surface area contributed by atoms with E-state index in [2.05, 4.69) is 0 Å². The summed E-state index contributed by atoms with van der Waals surface area (Å²) in [5.74, 6) is -0.251. The first-order valence-corrected chi connectivity index (χ1v) is 3.30. The predicted molar refractivity (Wildman–Crippen MR) is 44.3 cm³/mol. The molecular weight excluding hydrogens is 129 g/mol. The van der Waals surface area contributed by atoms with Gasteiger partial charge in [-0.3, -0.25) is 0 Å². The van der Waals surface area contributed by atoms with Crippen LogP contribution in [0.5, 0.6) is 0 Å². The highest BCUT2D eigenvalue weighted by Gasteiger charge is 1.83. The van der Waals surface area contributed by atoms with Crippen LogP contribution in [-0.2, 0) is 0 Å². The number of nitrogens with two attached hydrogens (primary N) is 1. The summed E-state index contributed by atoms with van der Waals surface area (Å²) in [6.07, 6.45) is 0. The molecule has 58 valence electrons. The van der Waals surface area contributed by atoms with Crippen molar-refractivity contribution in [2.24, 2.45) is 0 Å². The molecule has 0 aliphatic carbocycles. The lowest BCUT2D eigenvalue weighted by Crippen LogP contribution is -1.82. The summed E-state index contributed by atoms with van der Waals surface area (Å²) in [6, 6.07) is 5.70. The van der Waals surface area contributed by atoms with Gasteiger partial charge in [-0.1, -0.05) is 13.8 Å². The number of rotatable bonds is 0. The fourth-order valence-corrected chi connectivity index (χ4v) is 0.463. The summed E-state index contributed by atoms with van der Waals surface area (Å²) in [5, 5.41) is 0. The molecule has 0 bridgehead atoms. The lowest BCUT2D eigenvalue weighted by atomic mass is 10.3. The van der Waals surface area contributed by atoms with Crippen LogP contribution in [0, 0.1) is 5.82 Å². The quantitative estimate of drug-likeness (QED) is 0.555. The van der Waals surface area contributed by atoms with Crippen LogP contribution in [0.25, 0.3) is 0 Å². The fraction of sp³-hybridized carbons (Fsp3) is 0.250. The van der Waals surface area contributed by atoms with Crippen LogP contribution in [0.4, 0.5) is 10.1 Å². The Morgan fingerprint density at radius 1 is 1.20 bits per heavy atom. The van der Waals surface area contributed by atoms with Crippen molar-refractivity contribution in [3.05, 3.63) is 30.1 Å². The first kappa shape index (κ1) is 8.95. The van der Waals surface area contributed by atoms with E-state index < -0.39 is 0 Å². The molecule has 0 spiro atoms. The van der Waals surface area contributed by atoms with Gasteiger partial charge in [-0.15, -0.1) is 0 Å². The molecule has 0 aliphatic rings. The number of anilines is 1. The molecule has 0 fully saturated rings. The van der Waals surface area contributed by atoms with Crippen LogP contribution in [0.3, 0.4) is 0 Å². The van der Waals surface area contributed by atoms with E-state index in [1.54, 1.807) is 0 Å². The second kappa shape index (κ2) is 4.79. The Labute approximate surface area is 62.2 Å². The Balaban J connectivity index is 0. The average Bonchev–Trinajstić information content (AvgIpc) is 2.00. The molecule has 2 heteroatoms. The molecule has 0 amide bonds. The second-order valence-electron chi connectivity index (χ2n) is 1.55. The number of hydrogen-bond donors (Lipinski definition) is 1. The van der Waals surface area contributed by atoms with Crippen molar-refractivity contribution in [3.63, 3.8) is 0 Å². The third kappa shape index (κ3) is 3.07. The fourth-order valence-electron chi connectivity index (χ4n) is 0.463. The van der Waals surface area contributed by atoms with E-state index in [-0.39, 0.29) is 7.24 Å². The van der Waals surface area contributed by atoms with Gasteiger partial charge in [-0.25, -0.2) is 4.39 Å². The van der Waals surface area contributed by atoms with Gasteiger partial charge in [0.25, 0.3) is 0 Å². The molecule has 0 atom stereocenters. The smallest absolute Gasteiger partial charge is 0.123 e. The highest BCUT2D eigenvalue weighted by molar-refractivity contribution is 5.36. The molecule has 0 saturated carbocycles. The van der Waals surface area contributed by atoms with Crippen molar-refractivity contribution >= 4 is 5.69 Å². The van der Waals surface area contributed by atoms with Gasteiger partial charge in [0.15, 0.2) is 0 Å². The molecule has 0 radical (unpaired) electrons. The lowest BCUT2D eigenvalue weighted by Gasteiger charge is -1.87. The maximum Gasteiger partial charge on any atom is 0.123 e. The molecule has 0 unspecified atom stereocenters. The zero-order chi connectivity index (χ0) is 7.98. The number of benzene rings is 1. The summed E-state index contributed by atoms with van der Waals surface area (Å²) < 4.78 is 12.0. The Bertz CT molecular complexity index is 153. The van der Waals surface area contributed by atoms with Gasteiger partial charge in [0.2, 0.25) is 0 Å². The van der Waals surface area contributed by atoms with Gasteiger partial charge in [-0.2, -0.15) is 0 Å². The zero-order valence-electron chi connectivity index (χ0n) is 6.26. The Morgan fingerprint density at radius 3 is 1.90 bits per heavy atom. The maximum atomic E-state index is 12.0. The van der Waals surface area contributed by atoms with Gasteiger partial charge >= 0.3 is 0 Å². The number of halogens is 1. The second-order valence-corrected chi connectivity index (χ2v) is 1.55. The third-order valence-corrected chi connectivity index (χ3v) is 0.870. The van der Waals surface area contributed by atoms with Crippen molar-refractivity contribution in [1.82, 2.24) is 0 Å². The van der Waals surface area contributed by atoms with Gasteiger partial charge < -0.3 is 5.73 Å². The van der Waals surface area contributed by atoms with Crippen molar-refractivity contribution in [3.8, 4) is 0 Å². The minimum atomic E-state index is -0.251. The van der Waals surface area contributed by atoms with E-state index in [9.17, 15) is 4.39 Å². The van der Waals surface area contributed by atoms with E-state index in [1.807, 2.05) is 13.8 Å². The van der Waals surface area contributed by atoms with Crippen LogP contribution < -0.4 is 5.73 Å². The van der Waals surface area contributed by atoms with Crippen molar-refractivity contribution in [2.45, 2.75) is 13.8 Å². The largest absolute Gasteiger partial charge is 0.399 e. The van der Waals surface area contributed by atoms with E-state index in [0.29, 0.717) is 5.69 Å². The molecule has 1 rings (SSSR count). The van der Waals surface area contributed by atoms with Crippen LogP contribution >= 0.6 is 0 Å². The summed E-state index contributed by atoms with van der Waals surface area (Å²) >= 11 is 0. The molecule has 1 aromatic carbocycles. The third-order valence-electron chi connectivity index (χ3n) is 0.870. The average molecular weight is 143 g/mol. The standard InChI is InChI=1S/C6H6FN.C2H6.H2/c7-5-1-3-6(8)4-2-5;1-2;/h1-4H,8H2;1-2H3;1H. The molecule has 0 heterocycles. The molecule has 10 heavy (non-hydrogen) atoms. The van der Waals surface area contributed by atoms with Crippen molar-refractivity contribution in [2.75, 3.05) is 5.73 Å². The zero-order valence-corrected chi connectivity index (χ0v) is 6.26. The first-order valence-electron chi connectivity index (χ1n) is 3.30. The summed E-state index contributed by atoms with van der Waals surface area (Å²) in [6.45, 7) is 4.00. The number of hydrogen-bond acceptors (Lipinski definition) is 1. The van der Waals surface area contributed by atoms with E-state index in [1.165, 1.54) is 24.3 Å². The highest BCUT2D eigenvalue weighted by atomic mass is 19.1. The maximum absolute atomic E-state index is 12.0. The normalized spacial score (nSPS) is 7.90. The van der Waals surface area contributed by atoms with Crippen LogP contribution in [0.1, 0.15) is 15.3 Å². The predicted octanol–water partition coefficient (Wildman–Crippen LogP) is 2.68. The summed E-state index contributed by atoms with van der Waals surface area (Å²) in [4.78, 5) is 0. The SMILES string of the molecule is CC.Nc1ccc(F)cc1.[HH]. The van der Waals surface area contributed by atoms with Gasteiger partial charge in [-0.05, 0) is 24.3 Å². The lowest BCUT2D eigenvalue weighted by molar-refractivity contribution is 0.628. The monoisotopic (exact) mass is 143 g/mol. The first-order chi connectivity index (χ1) is 4.79. The molecule has 0 aromatic heterocycles. The summed E-state index contributed by atoms with van der Waals surface area (Å²) in [7, 11) is 0. The Kier molecular flexibility index (Phi) is 4.29. The van der Waals surface area contributed by atoms with Crippen LogP contribution in [0.15, 0.2) is 24.3 Å². The molecule has 2 N–H and O–H groups in total.